The fourth-order valence-electron chi connectivity index (χ4n) is 2.48. The van der Waals surface area contributed by atoms with Gasteiger partial charge in [-0.25, -0.2) is 0 Å². The number of amides is 1. The standard InChI is InChI=1S/C20H24ClNO2/c1-4-18(15-8-6-14(3)7-9-15)22-20(23)19(5-2)24-17-12-10-16(21)11-13-17/h6-13,18-19H,4-5H2,1-3H3,(H,22,23)/t18-,19+/m1/s1. The monoisotopic (exact) mass is 345 g/mol. The molecule has 0 unspecified atom stereocenters. The lowest BCUT2D eigenvalue weighted by Gasteiger charge is -2.22. The average Bonchev–Trinajstić information content (AvgIpc) is 2.59. The van der Waals surface area contributed by atoms with Gasteiger partial charge in [0.05, 0.1) is 6.04 Å². The molecule has 0 spiro atoms. The summed E-state index contributed by atoms with van der Waals surface area (Å²) >= 11 is 5.88. The zero-order valence-corrected chi connectivity index (χ0v) is 15.1. The molecule has 0 saturated heterocycles. The van der Waals surface area contributed by atoms with E-state index in [9.17, 15) is 4.79 Å². The number of carbonyl (C=O) groups is 1. The molecule has 24 heavy (non-hydrogen) atoms. The molecule has 1 N–H and O–H groups in total. The molecule has 0 bridgehead atoms. The normalized spacial score (nSPS) is 13.2. The van der Waals surface area contributed by atoms with Crippen LogP contribution in [0.4, 0.5) is 0 Å². The first-order chi connectivity index (χ1) is 11.5. The van der Waals surface area contributed by atoms with Gasteiger partial charge in [0.25, 0.3) is 5.91 Å². The van der Waals surface area contributed by atoms with Gasteiger partial charge in [-0.2, -0.15) is 0 Å². The summed E-state index contributed by atoms with van der Waals surface area (Å²) < 4.78 is 5.81. The molecule has 2 rings (SSSR count). The van der Waals surface area contributed by atoms with Crippen LogP contribution in [0.5, 0.6) is 5.75 Å². The Kier molecular flexibility index (Phi) is 6.68. The molecule has 0 radical (unpaired) electrons. The van der Waals surface area contributed by atoms with Crippen LogP contribution in [0.1, 0.15) is 43.9 Å². The molecular weight excluding hydrogens is 322 g/mol. The van der Waals surface area contributed by atoms with E-state index in [1.54, 1.807) is 24.3 Å². The van der Waals surface area contributed by atoms with Crippen molar-refractivity contribution in [1.29, 1.82) is 0 Å². The maximum atomic E-state index is 12.6. The van der Waals surface area contributed by atoms with Gasteiger partial charge in [-0.1, -0.05) is 55.3 Å². The van der Waals surface area contributed by atoms with E-state index in [0.717, 1.165) is 12.0 Å². The van der Waals surface area contributed by atoms with Crippen LogP contribution in [0.2, 0.25) is 5.02 Å². The molecule has 0 fully saturated rings. The molecule has 0 aliphatic heterocycles. The second-order valence-electron chi connectivity index (χ2n) is 5.85. The maximum Gasteiger partial charge on any atom is 0.261 e. The van der Waals surface area contributed by atoms with Gasteiger partial charge in [-0.15, -0.1) is 0 Å². The van der Waals surface area contributed by atoms with E-state index < -0.39 is 6.10 Å². The van der Waals surface area contributed by atoms with Crippen molar-refractivity contribution in [3.8, 4) is 5.75 Å². The van der Waals surface area contributed by atoms with Crippen LogP contribution in [0.3, 0.4) is 0 Å². The SMILES string of the molecule is CC[C@H](Oc1ccc(Cl)cc1)C(=O)N[C@H](CC)c1ccc(C)cc1. The quantitative estimate of drug-likeness (QED) is 0.760. The first-order valence-corrected chi connectivity index (χ1v) is 8.70. The van der Waals surface area contributed by atoms with Crippen LogP contribution in [0.25, 0.3) is 0 Å². The van der Waals surface area contributed by atoms with Crippen LogP contribution in [0.15, 0.2) is 48.5 Å². The highest BCUT2D eigenvalue weighted by molar-refractivity contribution is 6.30. The molecule has 0 saturated carbocycles. The maximum absolute atomic E-state index is 12.6. The van der Waals surface area contributed by atoms with Crippen molar-refractivity contribution >= 4 is 17.5 Å². The van der Waals surface area contributed by atoms with E-state index in [1.165, 1.54) is 5.56 Å². The molecule has 0 heterocycles. The van der Waals surface area contributed by atoms with Crippen molar-refractivity contribution in [2.75, 3.05) is 0 Å². The van der Waals surface area contributed by atoms with Crippen LogP contribution in [-0.4, -0.2) is 12.0 Å². The summed E-state index contributed by atoms with van der Waals surface area (Å²) in [5.41, 5.74) is 2.32. The molecule has 3 nitrogen and oxygen atoms in total. The smallest absolute Gasteiger partial charge is 0.261 e. The van der Waals surface area contributed by atoms with Gasteiger partial charge in [0.15, 0.2) is 6.10 Å². The molecule has 0 aliphatic carbocycles. The highest BCUT2D eigenvalue weighted by Crippen LogP contribution is 2.20. The minimum absolute atomic E-state index is 0.0130. The lowest BCUT2D eigenvalue weighted by Crippen LogP contribution is -2.39. The highest BCUT2D eigenvalue weighted by atomic mass is 35.5. The fourth-order valence-corrected chi connectivity index (χ4v) is 2.61. The topological polar surface area (TPSA) is 38.3 Å². The van der Waals surface area contributed by atoms with Gasteiger partial charge < -0.3 is 10.1 Å². The second-order valence-corrected chi connectivity index (χ2v) is 6.29. The predicted octanol–water partition coefficient (Wildman–Crippen LogP) is 5.07. The van der Waals surface area contributed by atoms with Crippen LogP contribution < -0.4 is 10.1 Å². The minimum Gasteiger partial charge on any atom is -0.481 e. The van der Waals surface area contributed by atoms with E-state index in [0.29, 0.717) is 17.2 Å². The Labute approximate surface area is 149 Å². The Bertz CT molecular complexity index is 652. The van der Waals surface area contributed by atoms with Crippen molar-refractivity contribution in [3.05, 3.63) is 64.7 Å². The Balaban J connectivity index is 2.04. The summed E-state index contributed by atoms with van der Waals surface area (Å²) in [6, 6.07) is 15.3. The first kappa shape index (κ1) is 18.3. The van der Waals surface area contributed by atoms with E-state index in [4.69, 9.17) is 16.3 Å². The predicted molar refractivity (Wildman–Crippen MR) is 98.5 cm³/mol. The van der Waals surface area contributed by atoms with E-state index >= 15 is 0 Å². The number of aryl methyl sites for hydroxylation is 1. The lowest BCUT2D eigenvalue weighted by atomic mass is 10.0. The van der Waals surface area contributed by atoms with Crippen molar-refractivity contribution in [3.63, 3.8) is 0 Å². The number of benzene rings is 2. The van der Waals surface area contributed by atoms with E-state index in [1.807, 2.05) is 6.92 Å². The number of hydrogen-bond acceptors (Lipinski definition) is 2. The van der Waals surface area contributed by atoms with Crippen molar-refractivity contribution < 1.29 is 9.53 Å². The third-order valence-corrected chi connectivity index (χ3v) is 4.21. The molecule has 2 atom stereocenters. The Hall–Kier alpha value is -2.00. The molecule has 128 valence electrons. The van der Waals surface area contributed by atoms with Gasteiger partial charge in [0, 0.05) is 5.02 Å². The average molecular weight is 346 g/mol. The minimum atomic E-state index is -0.523. The third kappa shape index (κ3) is 5.00. The molecule has 4 heteroatoms. The Morgan fingerprint density at radius 1 is 1.04 bits per heavy atom. The first-order valence-electron chi connectivity index (χ1n) is 8.32. The summed E-state index contributed by atoms with van der Waals surface area (Å²) in [5.74, 6) is 0.546. The largest absolute Gasteiger partial charge is 0.481 e. The van der Waals surface area contributed by atoms with Crippen molar-refractivity contribution in [1.82, 2.24) is 5.32 Å². The number of hydrogen-bond donors (Lipinski definition) is 1. The van der Waals surface area contributed by atoms with Gasteiger partial charge in [0.2, 0.25) is 0 Å². The zero-order chi connectivity index (χ0) is 17.5. The molecule has 2 aromatic rings. The lowest BCUT2D eigenvalue weighted by molar-refractivity contribution is -0.128. The summed E-state index contributed by atoms with van der Waals surface area (Å²) in [6.45, 7) is 6.05. The van der Waals surface area contributed by atoms with Crippen LogP contribution in [-0.2, 0) is 4.79 Å². The van der Waals surface area contributed by atoms with Crippen LogP contribution >= 0.6 is 11.6 Å². The Morgan fingerprint density at radius 2 is 1.67 bits per heavy atom. The molecule has 1 amide bonds. The summed E-state index contributed by atoms with van der Waals surface area (Å²) in [4.78, 5) is 12.6. The highest BCUT2D eigenvalue weighted by Gasteiger charge is 2.21. The number of rotatable bonds is 7. The number of nitrogens with one attached hydrogen (secondary N) is 1. The van der Waals surface area contributed by atoms with Gasteiger partial charge >= 0.3 is 0 Å². The summed E-state index contributed by atoms with van der Waals surface area (Å²) in [6.07, 6.45) is 0.899. The van der Waals surface area contributed by atoms with E-state index in [2.05, 4.69) is 43.4 Å². The van der Waals surface area contributed by atoms with Gasteiger partial charge in [0.1, 0.15) is 5.75 Å². The van der Waals surface area contributed by atoms with Crippen molar-refractivity contribution in [2.24, 2.45) is 0 Å². The summed E-state index contributed by atoms with van der Waals surface area (Å²) in [7, 11) is 0. The molecule has 2 aromatic carbocycles. The fraction of sp³-hybridized carbons (Fsp3) is 0.350. The number of halogens is 1. The number of carbonyl (C=O) groups excluding carboxylic acids is 1. The molecule has 0 aromatic heterocycles. The third-order valence-electron chi connectivity index (χ3n) is 3.96. The Morgan fingerprint density at radius 3 is 2.21 bits per heavy atom. The zero-order valence-electron chi connectivity index (χ0n) is 14.4. The van der Waals surface area contributed by atoms with Crippen LogP contribution in [0, 0.1) is 6.92 Å². The molecule has 0 aliphatic rings. The van der Waals surface area contributed by atoms with Crippen molar-refractivity contribution in [2.45, 2.75) is 45.8 Å². The van der Waals surface area contributed by atoms with E-state index in [-0.39, 0.29) is 11.9 Å². The number of ether oxygens (including phenoxy) is 1. The molecular formula is C20H24ClNO2. The second kappa shape index (κ2) is 8.74. The van der Waals surface area contributed by atoms with Gasteiger partial charge in [-0.05, 0) is 49.6 Å². The summed E-state index contributed by atoms with van der Waals surface area (Å²) in [5, 5.41) is 3.74. The van der Waals surface area contributed by atoms with Gasteiger partial charge in [-0.3, -0.25) is 4.79 Å².